The highest BCUT2D eigenvalue weighted by Crippen LogP contribution is 2.30. The zero-order valence-corrected chi connectivity index (χ0v) is 26.6. The third-order valence-electron chi connectivity index (χ3n) is 7.15. The average Bonchev–Trinajstić information content (AvgIpc) is 3.02. The lowest BCUT2D eigenvalue weighted by Gasteiger charge is -2.20. The first-order valence-electron chi connectivity index (χ1n) is 14.8. The van der Waals surface area contributed by atoms with Crippen LogP contribution in [0.2, 0.25) is 0 Å². The molecule has 0 aliphatic carbocycles. The van der Waals surface area contributed by atoms with Crippen LogP contribution in [0.3, 0.4) is 0 Å². The molecule has 9 nitrogen and oxygen atoms in total. The first kappa shape index (κ1) is 33.5. The van der Waals surface area contributed by atoms with Crippen LogP contribution in [0.4, 0.5) is 5.69 Å². The van der Waals surface area contributed by atoms with Crippen LogP contribution in [0.15, 0.2) is 97.1 Å². The minimum atomic E-state index is -3.57. The van der Waals surface area contributed by atoms with Gasteiger partial charge in [0.1, 0.15) is 18.1 Å². The summed E-state index contributed by atoms with van der Waals surface area (Å²) in [6.07, 6.45) is 1.15. The second-order valence-electron chi connectivity index (χ2n) is 11.0. The summed E-state index contributed by atoms with van der Waals surface area (Å²) in [4.78, 5) is 12.6. The van der Waals surface area contributed by atoms with E-state index in [9.17, 15) is 18.3 Å². The summed E-state index contributed by atoms with van der Waals surface area (Å²) in [5.41, 5.74) is 4.66. The molecule has 0 spiro atoms. The number of carbonyl (C=O) groups is 1. The Morgan fingerprint density at radius 1 is 0.867 bits per heavy atom. The molecule has 1 amide bonds. The Hall–Kier alpha value is -4.38. The van der Waals surface area contributed by atoms with Crippen molar-refractivity contribution in [2.24, 2.45) is 0 Å². The summed E-state index contributed by atoms with van der Waals surface area (Å²) >= 11 is 0. The summed E-state index contributed by atoms with van der Waals surface area (Å²) in [6.45, 7) is 2.95. The van der Waals surface area contributed by atoms with E-state index in [1.807, 2.05) is 85.8 Å². The quantitative estimate of drug-likeness (QED) is 0.141. The molecule has 0 saturated heterocycles. The number of anilines is 1. The summed E-state index contributed by atoms with van der Waals surface area (Å²) in [5.74, 6) is 1.03. The van der Waals surface area contributed by atoms with Gasteiger partial charge in [-0.2, -0.15) is 0 Å². The Kier molecular flexibility index (Phi) is 12.0. The number of hydrogen-bond acceptors (Lipinski definition) is 7. The Morgan fingerprint density at radius 2 is 1.58 bits per heavy atom. The summed E-state index contributed by atoms with van der Waals surface area (Å²) in [6, 6.07) is 30.1. The molecular weight excluding hydrogens is 590 g/mol. The van der Waals surface area contributed by atoms with Gasteiger partial charge >= 0.3 is 0 Å². The van der Waals surface area contributed by atoms with Crippen molar-refractivity contribution in [2.75, 3.05) is 24.6 Å². The lowest BCUT2D eigenvalue weighted by molar-refractivity contribution is -0.120. The predicted molar refractivity (Wildman–Crippen MR) is 177 cm³/mol. The molecule has 2 atom stereocenters. The number of carbonyl (C=O) groups excluding carboxylic acids is 1. The molecule has 0 bridgehead atoms. The summed E-state index contributed by atoms with van der Waals surface area (Å²) in [5, 5.41) is 17.3. The van der Waals surface area contributed by atoms with Crippen molar-refractivity contribution in [2.45, 2.75) is 45.1 Å². The van der Waals surface area contributed by atoms with E-state index < -0.39 is 16.1 Å². The van der Waals surface area contributed by atoms with E-state index in [0.29, 0.717) is 24.3 Å². The molecule has 0 radical (unpaired) electrons. The number of amides is 1. The topological polar surface area (TPSA) is 126 Å². The maximum atomic E-state index is 12.6. The van der Waals surface area contributed by atoms with E-state index in [-0.39, 0.29) is 37.2 Å². The molecule has 0 aliphatic heterocycles. The number of para-hydroxylation sites is 1. The van der Waals surface area contributed by atoms with Gasteiger partial charge in [0.05, 0.1) is 31.6 Å². The fourth-order valence-corrected chi connectivity index (χ4v) is 5.47. The first-order valence-corrected chi connectivity index (χ1v) is 16.6. The van der Waals surface area contributed by atoms with E-state index >= 15 is 0 Å². The predicted octanol–water partition coefficient (Wildman–Crippen LogP) is 4.76. The molecule has 4 rings (SSSR count). The summed E-state index contributed by atoms with van der Waals surface area (Å²) in [7, 11) is -1.96. The first-order chi connectivity index (χ1) is 21.6. The molecule has 45 heavy (non-hydrogen) atoms. The molecule has 0 aromatic heterocycles. The minimum Gasteiger partial charge on any atom is -0.496 e. The van der Waals surface area contributed by atoms with Gasteiger partial charge in [0.25, 0.3) is 0 Å². The molecule has 4 aromatic carbocycles. The third kappa shape index (κ3) is 10.9. The van der Waals surface area contributed by atoms with E-state index in [1.54, 1.807) is 25.3 Å². The van der Waals surface area contributed by atoms with Crippen LogP contribution < -0.4 is 24.8 Å². The number of aliphatic hydroxyl groups excluding tert-OH is 1. The van der Waals surface area contributed by atoms with Gasteiger partial charge in [0.15, 0.2) is 0 Å². The molecule has 238 valence electrons. The molecule has 4 N–H and O–H groups in total. The zero-order chi connectivity index (χ0) is 32.2. The van der Waals surface area contributed by atoms with Crippen molar-refractivity contribution < 1.29 is 27.8 Å². The SMILES string of the molecule is COc1ccccc1CNC(=O)Cc1cccc(C[C@@H](C)NC[C@H](O)c2ccc(OCc3ccccc3)c(NS(C)(=O)=O)c2)c1. The smallest absolute Gasteiger partial charge is 0.229 e. The molecule has 0 unspecified atom stereocenters. The van der Waals surface area contributed by atoms with E-state index in [0.717, 1.165) is 34.3 Å². The van der Waals surface area contributed by atoms with Crippen molar-refractivity contribution >= 4 is 21.6 Å². The average molecular weight is 632 g/mol. The molecule has 0 heterocycles. The van der Waals surface area contributed by atoms with Crippen molar-refractivity contribution in [3.8, 4) is 11.5 Å². The fraction of sp³-hybridized carbons (Fsp3) is 0.286. The number of sulfonamides is 1. The van der Waals surface area contributed by atoms with Gasteiger partial charge in [-0.15, -0.1) is 0 Å². The van der Waals surface area contributed by atoms with Gasteiger partial charge in [-0.05, 0) is 53.8 Å². The molecule has 0 saturated carbocycles. The standard InChI is InChI=1S/C35H41N3O6S/c1-25(18-27-12-9-13-28(19-27)20-35(40)37-22-30-14-7-8-15-33(30)43-2)36-23-32(39)29-16-17-34(31(21-29)38-45(3,41)42)44-24-26-10-5-4-6-11-26/h4-17,19,21,25,32,36,38-39H,18,20,22-24H2,1-3H3,(H,37,40)/t25-,32+/m1/s1. The number of rotatable bonds is 16. The molecule has 4 aromatic rings. The van der Waals surface area contributed by atoms with Gasteiger partial charge in [0, 0.05) is 24.7 Å². The van der Waals surface area contributed by atoms with Gasteiger partial charge in [0.2, 0.25) is 15.9 Å². The van der Waals surface area contributed by atoms with Crippen molar-refractivity contribution in [1.29, 1.82) is 0 Å². The molecule has 0 fully saturated rings. The maximum Gasteiger partial charge on any atom is 0.229 e. The number of benzene rings is 4. The number of ether oxygens (including phenoxy) is 2. The summed E-state index contributed by atoms with van der Waals surface area (Å²) < 4.78 is 37.8. The van der Waals surface area contributed by atoms with Crippen LogP contribution in [0, 0.1) is 0 Å². The highest BCUT2D eigenvalue weighted by molar-refractivity contribution is 7.92. The Morgan fingerprint density at radius 3 is 2.33 bits per heavy atom. The van der Waals surface area contributed by atoms with Crippen molar-refractivity contribution in [1.82, 2.24) is 10.6 Å². The third-order valence-corrected chi connectivity index (χ3v) is 7.74. The van der Waals surface area contributed by atoms with Crippen LogP contribution in [0.1, 0.15) is 40.8 Å². The lowest BCUT2D eigenvalue weighted by Crippen LogP contribution is -2.32. The van der Waals surface area contributed by atoms with Crippen LogP contribution in [-0.2, 0) is 40.8 Å². The van der Waals surface area contributed by atoms with Crippen LogP contribution in [0.5, 0.6) is 11.5 Å². The normalized spacial score (nSPS) is 12.6. The largest absolute Gasteiger partial charge is 0.496 e. The molecular formula is C35H41N3O6S. The van der Waals surface area contributed by atoms with Crippen LogP contribution >= 0.6 is 0 Å². The van der Waals surface area contributed by atoms with E-state index in [2.05, 4.69) is 15.4 Å². The fourth-order valence-electron chi connectivity index (χ4n) is 4.91. The number of methoxy groups -OCH3 is 1. The maximum absolute atomic E-state index is 12.6. The number of aliphatic hydroxyl groups is 1. The number of nitrogens with one attached hydrogen (secondary N) is 3. The number of hydrogen-bond donors (Lipinski definition) is 4. The second-order valence-corrected chi connectivity index (χ2v) is 12.8. The Bertz CT molecular complexity index is 1660. The highest BCUT2D eigenvalue weighted by Gasteiger charge is 2.16. The van der Waals surface area contributed by atoms with Gasteiger partial charge in [-0.1, -0.05) is 78.9 Å². The van der Waals surface area contributed by atoms with Crippen molar-refractivity contribution in [3.63, 3.8) is 0 Å². The van der Waals surface area contributed by atoms with Crippen molar-refractivity contribution in [3.05, 3.63) is 125 Å². The van der Waals surface area contributed by atoms with Crippen LogP contribution in [0.25, 0.3) is 0 Å². The Balaban J connectivity index is 1.30. The monoisotopic (exact) mass is 631 g/mol. The van der Waals surface area contributed by atoms with E-state index in [1.165, 1.54) is 0 Å². The van der Waals surface area contributed by atoms with Gasteiger partial charge < -0.3 is 25.2 Å². The molecule has 0 aliphatic rings. The van der Waals surface area contributed by atoms with Crippen LogP contribution in [-0.4, -0.2) is 45.4 Å². The second kappa shape index (κ2) is 16.1. The highest BCUT2D eigenvalue weighted by atomic mass is 32.2. The lowest BCUT2D eigenvalue weighted by atomic mass is 10.0. The zero-order valence-electron chi connectivity index (χ0n) is 25.8. The van der Waals surface area contributed by atoms with Gasteiger partial charge in [-0.3, -0.25) is 9.52 Å². The molecule has 10 heteroatoms. The minimum absolute atomic E-state index is 0.0244. The Labute approximate surface area is 265 Å². The van der Waals surface area contributed by atoms with Gasteiger partial charge in [-0.25, -0.2) is 8.42 Å². The van der Waals surface area contributed by atoms with E-state index in [4.69, 9.17) is 9.47 Å².